The Balaban J connectivity index is 1.66. The molecule has 2 N–H and O–H groups in total. The van der Waals surface area contributed by atoms with Crippen molar-refractivity contribution in [3.63, 3.8) is 0 Å². The van der Waals surface area contributed by atoms with E-state index in [1.54, 1.807) is 12.3 Å². The lowest BCUT2D eigenvalue weighted by Gasteiger charge is -2.06. The molecule has 5 heteroatoms. The number of halogens is 1. The van der Waals surface area contributed by atoms with Gasteiger partial charge in [-0.25, -0.2) is 4.79 Å². The van der Waals surface area contributed by atoms with Gasteiger partial charge >= 0.3 is 6.03 Å². The summed E-state index contributed by atoms with van der Waals surface area (Å²) in [6, 6.07) is 11.0. The third-order valence-electron chi connectivity index (χ3n) is 2.59. The van der Waals surface area contributed by atoms with Crippen LogP contribution >= 0.6 is 11.6 Å². The SMILES string of the molecule is O=C(NCCc1cccc(Cl)c1)NCc1ccco1. The van der Waals surface area contributed by atoms with Gasteiger partial charge in [0.15, 0.2) is 0 Å². The summed E-state index contributed by atoms with van der Waals surface area (Å²) < 4.78 is 5.11. The first-order valence-electron chi connectivity index (χ1n) is 6.02. The first kappa shape index (κ1) is 13.5. The Bertz CT molecular complexity index is 526. The highest BCUT2D eigenvalue weighted by atomic mass is 35.5. The molecule has 4 nitrogen and oxygen atoms in total. The van der Waals surface area contributed by atoms with Gasteiger partial charge in [-0.15, -0.1) is 0 Å². The fraction of sp³-hybridized carbons (Fsp3) is 0.214. The van der Waals surface area contributed by atoms with E-state index in [0.29, 0.717) is 18.1 Å². The number of rotatable bonds is 5. The molecule has 1 aromatic carbocycles. The molecule has 0 fully saturated rings. The minimum absolute atomic E-state index is 0.210. The van der Waals surface area contributed by atoms with Gasteiger partial charge in [-0.3, -0.25) is 0 Å². The molecule has 0 unspecified atom stereocenters. The van der Waals surface area contributed by atoms with E-state index < -0.39 is 0 Å². The van der Waals surface area contributed by atoms with Crippen molar-refractivity contribution in [3.05, 3.63) is 59.0 Å². The van der Waals surface area contributed by atoms with Crippen LogP contribution in [0.2, 0.25) is 5.02 Å². The first-order chi connectivity index (χ1) is 9.24. The largest absolute Gasteiger partial charge is 0.467 e. The quantitative estimate of drug-likeness (QED) is 0.883. The monoisotopic (exact) mass is 278 g/mol. The van der Waals surface area contributed by atoms with E-state index in [1.165, 1.54) is 0 Å². The van der Waals surface area contributed by atoms with Crippen molar-refractivity contribution >= 4 is 17.6 Å². The van der Waals surface area contributed by atoms with E-state index in [4.69, 9.17) is 16.0 Å². The molecule has 2 rings (SSSR count). The second-order valence-corrected chi connectivity index (χ2v) is 4.51. The van der Waals surface area contributed by atoms with E-state index in [2.05, 4.69) is 10.6 Å². The van der Waals surface area contributed by atoms with Crippen LogP contribution in [0, 0.1) is 0 Å². The first-order valence-corrected chi connectivity index (χ1v) is 6.40. The van der Waals surface area contributed by atoms with Gasteiger partial charge in [0.25, 0.3) is 0 Å². The number of furan rings is 1. The zero-order valence-corrected chi connectivity index (χ0v) is 11.1. The molecule has 0 spiro atoms. The van der Waals surface area contributed by atoms with Crippen molar-refractivity contribution < 1.29 is 9.21 Å². The number of amides is 2. The molecule has 0 bridgehead atoms. The van der Waals surface area contributed by atoms with Gasteiger partial charge in [0, 0.05) is 11.6 Å². The van der Waals surface area contributed by atoms with Gasteiger partial charge in [0.05, 0.1) is 12.8 Å². The number of hydrogen-bond donors (Lipinski definition) is 2. The third kappa shape index (κ3) is 4.67. The topological polar surface area (TPSA) is 54.3 Å². The summed E-state index contributed by atoms with van der Waals surface area (Å²) in [6.45, 7) is 0.945. The van der Waals surface area contributed by atoms with Crippen LogP contribution in [0.5, 0.6) is 0 Å². The van der Waals surface area contributed by atoms with Crippen molar-refractivity contribution in [1.29, 1.82) is 0 Å². The lowest BCUT2D eigenvalue weighted by molar-refractivity contribution is 0.239. The Morgan fingerprint density at radius 3 is 2.84 bits per heavy atom. The number of hydrogen-bond acceptors (Lipinski definition) is 2. The maximum atomic E-state index is 11.5. The molecular weight excluding hydrogens is 264 g/mol. The normalized spacial score (nSPS) is 10.2. The third-order valence-corrected chi connectivity index (χ3v) is 2.83. The minimum atomic E-state index is -0.210. The molecule has 0 radical (unpaired) electrons. The Kier molecular flexibility index (Phi) is 4.86. The molecule has 0 atom stereocenters. The Hall–Kier alpha value is -1.94. The predicted octanol–water partition coefficient (Wildman–Crippen LogP) is 2.97. The van der Waals surface area contributed by atoms with Crippen LogP contribution in [0.25, 0.3) is 0 Å². The van der Waals surface area contributed by atoms with E-state index in [0.717, 1.165) is 17.7 Å². The van der Waals surface area contributed by atoms with Gasteiger partial charge in [0.2, 0.25) is 0 Å². The fourth-order valence-electron chi connectivity index (χ4n) is 1.66. The van der Waals surface area contributed by atoms with Crippen LogP contribution in [-0.2, 0) is 13.0 Å². The van der Waals surface area contributed by atoms with Crippen LogP contribution in [0.15, 0.2) is 47.1 Å². The fourth-order valence-corrected chi connectivity index (χ4v) is 1.87. The summed E-state index contributed by atoms with van der Waals surface area (Å²) in [4.78, 5) is 11.5. The number of carbonyl (C=O) groups excluding carboxylic acids is 1. The molecule has 0 aliphatic carbocycles. The highest BCUT2D eigenvalue weighted by Crippen LogP contribution is 2.10. The lowest BCUT2D eigenvalue weighted by Crippen LogP contribution is -2.36. The van der Waals surface area contributed by atoms with Gasteiger partial charge in [-0.05, 0) is 36.2 Å². The standard InChI is InChI=1S/C14H15ClN2O2/c15-12-4-1-3-11(9-12)6-7-16-14(18)17-10-13-5-2-8-19-13/h1-5,8-9H,6-7,10H2,(H2,16,17,18). The van der Waals surface area contributed by atoms with Gasteiger partial charge in [-0.2, -0.15) is 0 Å². The predicted molar refractivity (Wildman–Crippen MR) is 74.1 cm³/mol. The zero-order valence-electron chi connectivity index (χ0n) is 10.4. The van der Waals surface area contributed by atoms with E-state index in [9.17, 15) is 4.79 Å². The average Bonchev–Trinajstić information content (AvgIpc) is 2.89. The van der Waals surface area contributed by atoms with Gasteiger partial charge in [0.1, 0.15) is 5.76 Å². The number of nitrogens with one attached hydrogen (secondary N) is 2. The zero-order chi connectivity index (χ0) is 13.5. The molecule has 2 aromatic rings. The average molecular weight is 279 g/mol. The second kappa shape index (κ2) is 6.85. The highest BCUT2D eigenvalue weighted by molar-refractivity contribution is 6.30. The van der Waals surface area contributed by atoms with Crippen molar-refractivity contribution in [2.45, 2.75) is 13.0 Å². The van der Waals surface area contributed by atoms with Crippen molar-refractivity contribution in [2.24, 2.45) is 0 Å². The molecule has 0 aliphatic heterocycles. The van der Waals surface area contributed by atoms with Crippen molar-refractivity contribution in [1.82, 2.24) is 10.6 Å². The minimum Gasteiger partial charge on any atom is -0.467 e. The van der Waals surface area contributed by atoms with Crippen molar-refractivity contribution in [3.8, 4) is 0 Å². The van der Waals surface area contributed by atoms with Crippen LogP contribution in [-0.4, -0.2) is 12.6 Å². The second-order valence-electron chi connectivity index (χ2n) is 4.07. The van der Waals surface area contributed by atoms with Crippen molar-refractivity contribution in [2.75, 3.05) is 6.54 Å². The molecule has 2 amide bonds. The van der Waals surface area contributed by atoms with Crippen LogP contribution in [0.1, 0.15) is 11.3 Å². The molecule has 1 aromatic heterocycles. The maximum absolute atomic E-state index is 11.5. The van der Waals surface area contributed by atoms with E-state index in [1.807, 2.05) is 30.3 Å². The van der Waals surface area contributed by atoms with Crippen LogP contribution < -0.4 is 10.6 Å². The molecule has 100 valence electrons. The van der Waals surface area contributed by atoms with E-state index >= 15 is 0 Å². The summed E-state index contributed by atoms with van der Waals surface area (Å²) in [5, 5.41) is 6.20. The van der Waals surface area contributed by atoms with Crippen LogP contribution in [0.3, 0.4) is 0 Å². The Labute approximate surface area is 116 Å². The molecule has 0 saturated heterocycles. The van der Waals surface area contributed by atoms with Crippen LogP contribution in [0.4, 0.5) is 4.79 Å². The van der Waals surface area contributed by atoms with E-state index in [-0.39, 0.29) is 6.03 Å². The summed E-state index contributed by atoms with van der Waals surface area (Å²) in [5.41, 5.74) is 1.10. The number of benzene rings is 1. The maximum Gasteiger partial charge on any atom is 0.315 e. The number of carbonyl (C=O) groups is 1. The summed E-state index contributed by atoms with van der Waals surface area (Å²) in [6.07, 6.45) is 2.32. The molecule has 19 heavy (non-hydrogen) atoms. The van der Waals surface area contributed by atoms with Gasteiger partial charge in [-0.1, -0.05) is 23.7 Å². The molecule has 0 saturated carbocycles. The van der Waals surface area contributed by atoms with Gasteiger partial charge < -0.3 is 15.1 Å². The lowest BCUT2D eigenvalue weighted by atomic mass is 10.1. The summed E-state index contributed by atoms with van der Waals surface area (Å²) >= 11 is 5.88. The molecular formula is C14H15ClN2O2. The highest BCUT2D eigenvalue weighted by Gasteiger charge is 2.01. The Morgan fingerprint density at radius 1 is 1.21 bits per heavy atom. The smallest absolute Gasteiger partial charge is 0.315 e. The number of urea groups is 1. The molecule has 0 aliphatic rings. The summed E-state index contributed by atoms with van der Waals surface area (Å²) in [5.74, 6) is 0.727. The molecule has 1 heterocycles. The Morgan fingerprint density at radius 2 is 2.11 bits per heavy atom. The summed E-state index contributed by atoms with van der Waals surface area (Å²) in [7, 11) is 0.